The minimum Gasteiger partial charge on any atom is -0.462 e. The van der Waals surface area contributed by atoms with E-state index in [0.717, 1.165) is 33.5 Å². The molecular formula is C28H32N2O4Si. The zero-order chi connectivity index (χ0) is 24.8. The molecule has 182 valence electrons. The Morgan fingerprint density at radius 1 is 1.06 bits per heavy atom. The molecule has 0 saturated carbocycles. The molecule has 7 heteroatoms. The fourth-order valence-corrected chi connectivity index (χ4v) is 4.60. The minimum atomic E-state index is -1.26. The Morgan fingerprint density at radius 3 is 2.51 bits per heavy atom. The van der Waals surface area contributed by atoms with Gasteiger partial charge in [0.05, 0.1) is 25.4 Å². The summed E-state index contributed by atoms with van der Waals surface area (Å²) < 4.78 is 10.8. The van der Waals surface area contributed by atoms with Gasteiger partial charge in [-0.3, -0.25) is 9.78 Å². The van der Waals surface area contributed by atoms with E-state index in [0.29, 0.717) is 38.5 Å². The van der Waals surface area contributed by atoms with Gasteiger partial charge in [0.15, 0.2) is 0 Å². The Balaban J connectivity index is 1.50. The van der Waals surface area contributed by atoms with Gasteiger partial charge in [-0.2, -0.15) is 0 Å². The predicted molar refractivity (Wildman–Crippen MR) is 142 cm³/mol. The lowest BCUT2D eigenvalue weighted by atomic mass is 9.98. The van der Waals surface area contributed by atoms with Gasteiger partial charge in [-0.25, -0.2) is 4.79 Å². The molecule has 1 aliphatic rings. The summed E-state index contributed by atoms with van der Waals surface area (Å²) in [6.07, 6.45) is 7.06. The summed E-state index contributed by atoms with van der Waals surface area (Å²) in [5, 5.41) is 1.91. The Hall–Kier alpha value is -3.29. The van der Waals surface area contributed by atoms with Crippen LogP contribution in [-0.2, 0) is 14.3 Å². The molecule has 2 heterocycles. The summed E-state index contributed by atoms with van der Waals surface area (Å²) in [6, 6.07) is 14.5. The third kappa shape index (κ3) is 6.65. The fourth-order valence-electron chi connectivity index (χ4n) is 3.88. The number of ether oxygens (including phenoxy) is 2. The molecule has 1 amide bonds. The van der Waals surface area contributed by atoms with Crippen molar-refractivity contribution in [1.82, 2.24) is 9.88 Å². The molecule has 1 aromatic heterocycles. The monoisotopic (exact) mass is 488 g/mol. The molecule has 0 atom stereocenters. The van der Waals surface area contributed by atoms with Crippen molar-refractivity contribution >= 4 is 36.8 Å². The largest absolute Gasteiger partial charge is 0.462 e. The first-order valence-corrected chi connectivity index (χ1v) is 15.7. The third-order valence-corrected chi connectivity index (χ3v) is 7.75. The number of fused-ring (bicyclic) bond motifs is 1. The quantitative estimate of drug-likeness (QED) is 0.257. The lowest BCUT2D eigenvalue weighted by Gasteiger charge is -2.25. The Bertz CT molecular complexity index is 1230. The maximum absolute atomic E-state index is 12.6. The number of rotatable bonds is 7. The number of esters is 1. The van der Waals surface area contributed by atoms with Crippen LogP contribution in [0.1, 0.15) is 15.9 Å². The van der Waals surface area contributed by atoms with Gasteiger partial charge >= 0.3 is 5.97 Å². The van der Waals surface area contributed by atoms with Gasteiger partial charge in [0.25, 0.3) is 0 Å². The van der Waals surface area contributed by atoms with Crippen LogP contribution in [0.25, 0.3) is 28.0 Å². The normalized spacial score (nSPS) is 14.4. The summed E-state index contributed by atoms with van der Waals surface area (Å²) in [5.74, 6) is -0.293. The maximum Gasteiger partial charge on any atom is 0.338 e. The number of aromatic nitrogens is 1. The smallest absolute Gasteiger partial charge is 0.338 e. The highest BCUT2D eigenvalue weighted by Crippen LogP contribution is 2.29. The van der Waals surface area contributed by atoms with Crippen molar-refractivity contribution < 1.29 is 19.1 Å². The van der Waals surface area contributed by atoms with Crippen molar-refractivity contribution in [3.05, 3.63) is 72.1 Å². The molecule has 0 aliphatic carbocycles. The first-order chi connectivity index (χ1) is 16.8. The van der Waals surface area contributed by atoms with Crippen LogP contribution in [-0.4, -0.2) is 62.7 Å². The lowest BCUT2D eigenvalue weighted by molar-refractivity contribution is -0.129. The van der Waals surface area contributed by atoms with E-state index < -0.39 is 8.07 Å². The van der Waals surface area contributed by atoms with Gasteiger partial charge in [-0.05, 0) is 40.8 Å². The Morgan fingerprint density at radius 2 is 1.80 bits per heavy atom. The summed E-state index contributed by atoms with van der Waals surface area (Å²) in [4.78, 5) is 31.2. The van der Waals surface area contributed by atoms with E-state index in [1.165, 1.54) is 0 Å². The SMILES string of the molecule is C[Si](C)(C)CCOC(=O)c1ccc2cncc(-c3ccc(C=CC(=O)N4CCOCC4)cc3)c2c1. The molecule has 35 heavy (non-hydrogen) atoms. The van der Waals surface area contributed by atoms with Crippen molar-refractivity contribution in [1.29, 1.82) is 0 Å². The highest BCUT2D eigenvalue weighted by atomic mass is 28.3. The van der Waals surface area contributed by atoms with Crippen LogP contribution in [0.2, 0.25) is 25.7 Å². The van der Waals surface area contributed by atoms with Gasteiger partial charge in [-0.1, -0.05) is 50.0 Å². The molecule has 3 aromatic rings. The highest BCUT2D eigenvalue weighted by Gasteiger charge is 2.16. The van der Waals surface area contributed by atoms with E-state index in [4.69, 9.17) is 9.47 Å². The second-order valence-corrected chi connectivity index (χ2v) is 15.6. The average Bonchev–Trinajstić information content (AvgIpc) is 2.86. The van der Waals surface area contributed by atoms with Crippen molar-refractivity contribution in [3.63, 3.8) is 0 Å². The number of amides is 1. The number of nitrogens with zero attached hydrogens (tertiary/aromatic N) is 2. The first kappa shape index (κ1) is 24.8. The number of hydrogen-bond acceptors (Lipinski definition) is 5. The van der Waals surface area contributed by atoms with Crippen molar-refractivity contribution in [3.8, 4) is 11.1 Å². The van der Waals surface area contributed by atoms with Crippen LogP contribution in [0, 0.1) is 0 Å². The summed E-state index contributed by atoms with van der Waals surface area (Å²) in [5.41, 5.74) is 3.42. The predicted octanol–water partition coefficient (Wildman–Crippen LogP) is 5.27. The number of pyridine rings is 1. The van der Waals surface area contributed by atoms with Crippen LogP contribution in [0.15, 0.2) is 60.9 Å². The van der Waals surface area contributed by atoms with Gasteiger partial charge in [0.2, 0.25) is 5.91 Å². The molecule has 0 spiro atoms. The van der Waals surface area contributed by atoms with E-state index in [9.17, 15) is 9.59 Å². The zero-order valence-electron chi connectivity index (χ0n) is 20.6. The average molecular weight is 489 g/mol. The number of morpholine rings is 1. The molecule has 1 fully saturated rings. The van der Waals surface area contributed by atoms with Crippen molar-refractivity contribution in [2.45, 2.75) is 25.7 Å². The van der Waals surface area contributed by atoms with Gasteiger partial charge in [0.1, 0.15) is 0 Å². The zero-order valence-corrected chi connectivity index (χ0v) is 21.6. The van der Waals surface area contributed by atoms with Crippen LogP contribution in [0.3, 0.4) is 0 Å². The van der Waals surface area contributed by atoms with Crippen LogP contribution < -0.4 is 0 Å². The summed E-state index contributed by atoms with van der Waals surface area (Å²) >= 11 is 0. The Kier molecular flexibility index (Phi) is 7.78. The standard InChI is InChI=1S/C28H32N2O4Si/c1-35(2,3)17-16-34-28(32)23-9-10-24-19-29-20-26(25(24)18-23)22-7-4-21(5-8-22)6-11-27(31)30-12-14-33-15-13-30/h4-11,18-20H,12-17H2,1-3H3. The van der Waals surface area contributed by atoms with Crippen molar-refractivity contribution in [2.24, 2.45) is 0 Å². The number of benzene rings is 2. The van der Waals surface area contributed by atoms with E-state index in [-0.39, 0.29) is 11.9 Å². The minimum absolute atomic E-state index is 0.000103. The van der Waals surface area contributed by atoms with E-state index >= 15 is 0 Å². The molecule has 0 N–H and O–H groups in total. The van der Waals surface area contributed by atoms with Gasteiger partial charge in [-0.15, -0.1) is 0 Å². The molecule has 4 rings (SSSR count). The second kappa shape index (κ2) is 11.0. The molecule has 0 bridgehead atoms. The molecule has 0 radical (unpaired) electrons. The second-order valence-electron chi connectivity index (χ2n) is 9.96. The number of carbonyl (C=O) groups excluding carboxylic acids is 2. The Labute approximate surface area is 207 Å². The maximum atomic E-state index is 12.6. The van der Waals surface area contributed by atoms with E-state index in [1.807, 2.05) is 48.7 Å². The van der Waals surface area contributed by atoms with Crippen molar-refractivity contribution in [2.75, 3.05) is 32.9 Å². The molecular weight excluding hydrogens is 456 g/mol. The summed E-state index contributed by atoms with van der Waals surface area (Å²) in [6.45, 7) is 9.68. The topological polar surface area (TPSA) is 68.7 Å². The summed E-state index contributed by atoms with van der Waals surface area (Å²) in [7, 11) is -1.26. The van der Waals surface area contributed by atoms with Crippen LogP contribution in [0.4, 0.5) is 0 Å². The number of hydrogen-bond donors (Lipinski definition) is 0. The molecule has 1 aliphatic heterocycles. The molecule has 1 saturated heterocycles. The van der Waals surface area contributed by atoms with Gasteiger partial charge < -0.3 is 14.4 Å². The van der Waals surface area contributed by atoms with E-state index in [2.05, 4.69) is 24.6 Å². The fraction of sp³-hybridized carbons (Fsp3) is 0.321. The van der Waals surface area contributed by atoms with E-state index in [1.54, 1.807) is 23.2 Å². The molecule has 2 aromatic carbocycles. The van der Waals surface area contributed by atoms with Crippen LogP contribution in [0.5, 0.6) is 0 Å². The number of carbonyl (C=O) groups is 2. The molecule has 6 nitrogen and oxygen atoms in total. The third-order valence-electron chi connectivity index (χ3n) is 6.04. The first-order valence-electron chi connectivity index (χ1n) is 12.0. The lowest BCUT2D eigenvalue weighted by Crippen LogP contribution is -2.39. The highest BCUT2D eigenvalue weighted by molar-refractivity contribution is 6.76. The van der Waals surface area contributed by atoms with Crippen LogP contribution >= 0.6 is 0 Å². The van der Waals surface area contributed by atoms with Gasteiger partial charge in [0, 0.05) is 50.6 Å². The molecule has 0 unspecified atom stereocenters.